The Bertz CT molecular complexity index is 457. The lowest BCUT2D eigenvalue weighted by molar-refractivity contribution is 0.0592. The maximum absolute atomic E-state index is 12.6. The predicted molar refractivity (Wildman–Crippen MR) is 51.3 cm³/mol. The zero-order valence-electron chi connectivity index (χ0n) is 8.42. The minimum Gasteiger partial charge on any atom is -0.464 e. The third kappa shape index (κ3) is 2.25. The molecule has 5 nitrogen and oxygen atoms in total. The number of esters is 1. The SMILES string of the molecule is COC(=O)c1cc(=O)c(CN)c(C(F)F)[nH]1. The van der Waals surface area contributed by atoms with Gasteiger partial charge in [-0.2, -0.15) is 0 Å². The summed E-state index contributed by atoms with van der Waals surface area (Å²) in [6.45, 7) is -0.323. The molecule has 0 saturated carbocycles. The number of hydrogen-bond donors (Lipinski definition) is 2. The molecular formula is C9H10F2N2O3. The van der Waals surface area contributed by atoms with E-state index in [9.17, 15) is 18.4 Å². The highest BCUT2D eigenvalue weighted by Crippen LogP contribution is 2.18. The molecule has 1 rings (SSSR count). The Kier molecular flexibility index (Phi) is 3.73. The quantitative estimate of drug-likeness (QED) is 0.745. The van der Waals surface area contributed by atoms with Crippen LogP contribution in [0, 0.1) is 0 Å². The van der Waals surface area contributed by atoms with Crippen LogP contribution >= 0.6 is 0 Å². The van der Waals surface area contributed by atoms with E-state index in [2.05, 4.69) is 9.72 Å². The number of ether oxygens (including phenoxy) is 1. The largest absolute Gasteiger partial charge is 0.464 e. The van der Waals surface area contributed by atoms with Crippen LogP contribution in [0.5, 0.6) is 0 Å². The third-order valence-corrected chi connectivity index (χ3v) is 1.99. The van der Waals surface area contributed by atoms with Crippen molar-refractivity contribution in [2.75, 3.05) is 7.11 Å². The Morgan fingerprint density at radius 3 is 2.69 bits per heavy atom. The molecule has 0 saturated heterocycles. The first kappa shape index (κ1) is 12.3. The summed E-state index contributed by atoms with van der Waals surface area (Å²) < 4.78 is 29.4. The molecule has 0 bridgehead atoms. The Hall–Kier alpha value is -1.76. The van der Waals surface area contributed by atoms with Gasteiger partial charge in [0.15, 0.2) is 5.43 Å². The number of hydrogen-bond acceptors (Lipinski definition) is 4. The van der Waals surface area contributed by atoms with Crippen molar-refractivity contribution in [3.8, 4) is 0 Å². The van der Waals surface area contributed by atoms with Crippen LogP contribution in [0.2, 0.25) is 0 Å². The number of aromatic nitrogens is 1. The van der Waals surface area contributed by atoms with Gasteiger partial charge in [0, 0.05) is 18.2 Å². The fourth-order valence-corrected chi connectivity index (χ4v) is 1.22. The zero-order chi connectivity index (χ0) is 12.3. The van der Waals surface area contributed by atoms with Crippen LogP contribution in [0.4, 0.5) is 8.78 Å². The number of alkyl halides is 2. The summed E-state index contributed by atoms with van der Waals surface area (Å²) in [5, 5.41) is 0. The molecule has 0 aliphatic carbocycles. The fourth-order valence-electron chi connectivity index (χ4n) is 1.22. The van der Waals surface area contributed by atoms with Crippen molar-refractivity contribution >= 4 is 5.97 Å². The highest BCUT2D eigenvalue weighted by Gasteiger charge is 2.19. The number of pyridine rings is 1. The zero-order valence-corrected chi connectivity index (χ0v) is 8.42. The number of nitrogens with one attached hydrogen (secondary N) is 1. The van der Waals surface area contributed by atoms with Gasteiger partial charge in [0.05, 0.1) is 12.8 Å². The number of carbonyl (C=O) groups excluding carboxylic acids is 1. The molecule has 7 heteroatoms. The molecular weight excluding hydrogens is 222 g/mol. The summed E-state index contributed by atoms with van der Waals surface area (Å²) in [4.78, 5) is 24.6. The third-order valence-electron chi connectivity index (χ3n) is 1.99. The van der Waals surface area contributed by atoms with Crippen molar-refractivity contribution in [3.05, 3.63) is 33.2 Å². The van der Waals surface area contributed by atoms with Crippen LogP contribution in [-0.2, 0) is 11.3 Å². The first-order valence-corrected chi connectivity index (χ1v) is 4.33. The minimum atomic E-state index is -2.91. The molecule has 0 atom stereocenters. The Balaban J connectivity index is 3.40. The molecule has 0 aliphatic rings. The van der Waals surface area contributed by atoms with Crippen LogP contribution in [0.25, 0.3) is 0 Å². The summed E-state index contributed by atoms with van der Waals surface area (Å²) in [6.07, 6.45) is -2.91. The van der Waals surface area contributed by atoms with Gasteiger partial charge in [0.25, 0.3) is 6.43 Å². The number of rotatable bonds is 3. The molecule has 0 aliphatic heterocycles. The molecule has 3 N–H and O–H groups in total. The van der Waals surface area contributed by atoms with E-state index < -0.39 is 23.5 Å². The van der Waals surface area contributed by atoms with Crippen molar-refractivity contribution in [2.24, 2.45) is 5.73 Å². The maximum Gasteiger partial charge on any atom is 0.354 e. The normalized spacial score (nSPS) is 10.6. The van der Waals surface area contributed by atoms with Gasteiger partial charge >= 0.3 is 5.97 Å². The van der Waals surface area contributed by atoms with Gasteiger partial charge in [-0.25, -0.2) is 13.6 Å². The molecule has 1 aromatic heterocycles. The van der Waals surface area contributed by atoms with Gasteiger partial charge in [0.1, 0.15) is 5.69 Å². The lowest BCUT2D eigenvalue weighted by Crippen LogP contribution is -2.21. The second-order valence-electron chi connectivity index (χ2n) is 2.94. The number of nitrogens with two attached hydrogens (primary N) is 1. The van der Waals surface area contributed by atoms with Gasteiger partial charge < -0.3 is 15.5 Å². The lowest BCUT2D eigenvalue weighted by Gasteiger charge is -2.08. The maximum atomic E-state index is 12.6. The van der Waals surface area contributed by atoms with Crippen LogP contribution in [0.1, 0.15) is 28.2 Å². The summed E-state index contributed by atoms with van der Waals surface area (Å²) in [5.41, 5.74) is 3.27. The first-order chi connectivity index (χ1) is 7.51. The second-order valence-corrected chi connectivity index (χ2v) is 2.94. The van der Waals surface area contributed by atoms with Crippen LogP contribution in [-0.4, -0.2) is 18.1 Å². The van der Waals surface area contributed by atoms with Crippen LogP contribution in [0.15, 0.2) is 10.9 Å². The molecule has 88 valence electrons. The summed E-state index contributed by atoms with van der Waals surface area (Å²) in [6, 6.07) is 0.889. The highest BCUT2D eigenvalue weighted by atomic mass is 19.3. The van der Waals surface area contributed by atoms with Crippen molar-refractivity contribution in [3.63, 3.8) is 0 Å². The van der Waals surface area contributed by atoms with Crippen molar-refractivity contribution in [2.45, 2.75) is 13.0 Å². The molecule has 1 aromatic rings. The molecule has 0 radical (unpaired) electrons. The van der Waals surface area contributed by atoms with Gasteiger partial charge in [-0.1, -0.05) is 0 Å². The molecule has 0 spiro atoms. The van der Waals surface area contributed by atoms with Gasteiger partial charge in [0.2, 0.25) is 0 Å². The van der Waals surface area contributed by atoms with E-state index in [0.29, 0.717) is 0 Å². The molecule has 16 heavy (non-hydrogen) atoms. The van der Waals surface area contributed by atoms with Crippen molar-refractivity contribution in [1.82, 2.24) is 4.98 Å². The van der Waals surface area contributed by atoms with Gasteiger partial charge in [-0.3, -0.25) is 4.79 Å². The smallest absolute Gasteiger partial charge is 0.354 e. The van der Waals surface area contributed by atoms with E-state index in [4.69, 9.17) is 5.73 Å². The number of carbonyl (C=O) groups is 1. The topological polar surface area (TPSA) is 85.2 Å². The molecule has 1 heterocycles. The predicted octanol–water partition coefficient (Wildman–Crippen LogP) is 0.558. The van der Waals surface area contributed by atoms with Crippen molar-refractivity contribution in [1.29, 1.82) is 0 Å². The second kappa shape index (κ2) is 4.84. The average molecular weight is 232 g/mol. The molecule has 0 unspecified atom stereocenters. The molecule has 0 amide bonds. The summed E-state index contributed by atoms with van der Waals surface area (Å²) >= 11 is 0. The van der Waals surface area contributed by atoms with E-state index in [1.807, 2.05) is 0 Å². The van der Waals surface area contributed by atoms with E-state index in [-0.39, 0.29) is 17.8 Å². The van der Waals surface area contributed by atoms with E-state index in [0.717, 1.165) is 13.2 Å². The van der Waals surface area contributed by atoms with E-state index in [1.54, 1.807) is 0 Å². The minimum absolute atomic E-state index is 0.234. The fraction of sp³-hybridized carbons (Fsp3) is 0.333. The van der Waals surface area contributed by atoms with E-state index >= 15 is 0 Å². The number of halogens is 2. The first-order valence-electron chi connectivity index (χ1n) is 4.33. The molecule has 0 fully saturated rings. The van der Waals surface area contributed by atoms with Crippen molar-refractivity contribution < 1.29 is 18.3 Å². The number of H-pyrrole nitrogens is 1. The van der Waals surface area contributed by atoms with Crippen LogP contribution in [0.3, 0.4) is 0 Å². The lowest BCUT2D eigenvalue weighted by atomic mass is 10.1. The molecule has 0 aromatic carbocycles. The van der Waals surface area contributed by atoms with Crippen LogP contribution < -0.4 is 11.2 Å². The average Bonchev–Trinajstić information content (AvgIpc) is 2.26. The number of aromatic amines is 1. The Labute approximate surface area is 89.2 Å². The van der Waals surface area contributed by atoms with Gasteiger partial charge in [-0.15, -0.1) is 0 Å². The van der Waals surface area contributed by atoms with Gasteiger partial charge in [-0.05, 0) is 0 Å². The Morgan fingerprint density at radius 1 is 1.62 bits per heavy atom. The summed E-state index contributed by atoms with van der Waals surface area (Å²) in [7, 11) is 1.08. The number of methoxy groups -OCH3 is 1. The van der Waals surface area contributed by atoms with E-state index in [1.165, 1.54) is 0 Å². The Morgan fingerprint density at radius 2 is 2.25 bits per heavy atom. The summed E-state index contributed by atoms with van der Waals surface area (Å²) in [5.74, 6) is -0.887. The monoisotopic (exact) mass is 232 g/mol. The standard InChI is InChI=1S/C9H10F2N2O3/c1-16-9(15)5-2-6(14)4(3-12)7(13-5)8(10)11/h2,8H,3,12H2,1H3,(H,13,14). The highest BCUT2D eigenvalue weighted by molar-refractivity contribution is 5.87.